The summed E-state index contributed by atoms with van der Waals surface area (Å²) >= 11 is 0. The molecular formula is C34H33NO8. The molecule has 1 saturated carbocycles. The first-order valence-electron chi connectivity index (χ1n) is 14.4. The van der Waals surface area contributed by atoms with E-state index in [0.29, 0.717) is 22.3 Å². The predicted octanol–water partition coefficient (Wildman–Crippen LogP) is 4.76. The number of benzene rings is 2. The summed E-state index contributed by atoms with van der Waals surface area (Å²) < 4.78 is 0. The molecule has 222 valence electrons. The summed E-state index contributed by atoms with van der Waals surface area (Å²) in [6.45, 7) is 8.74. The number of aryl methyl sites for hydroxylation is 2. The molecule has 2 fully saturated rings. The number of fused-ring (bicyclic) bond motifs is 4. The lowest BCUT2D eigenvalue weighted by Crippen LogP contribution is -2.55. The van der Waals surface area contributed by atoms with Gasteiger partial charge in [0.1, 0.15) is 17.1 Å². The number of hydrogen-bond acceptors (Lipinski definition) is 7. The third-order valence-corrected chi connectivity index (χ3v) is 10.5. The van der Waals surface area contributed by atoms with Crippen molar-refractivity contribution in [3.8, 4) is 11.5 Å². The van der Waals surface area contributed by atoms with Crippen LogP contribution in [0, 0.1) is 42.9 Å². The summed E-state index contributed by atoms with van der Waals surface area (Å²) in [6, 6.07) is 7.26. The summed E-state index contributed by atoms with van der Waals surface area (Å²) in [7, 11) is 0. The monoisotopic (exact) mass is 583 g/mol. The van der Waals surface area contributed by atoms with Gasteiger partial charge in [-0.25, -0.2) is 9.69 Å². The Morgan fingerprint density at radius 3 is 2.16 bits per heavy atom. The normalized spacial score (nSPS) is 30.2. The van der Waals surface area contributed by atoms with Crippen molar-refractivity contribution in [2.75, 3.05) is 4.90 Å². The van der Waals surface area contributed by atoms with Crippen molar-refractivity contribution < 1.29 is 39.3 Å². The largest absolute Gasteiger partial charge is 0.507 e. The van der Waals surface area contributed by atoms with Gasteiger partial charge in [-0.05, 0) is 86.4 Å². The number of amides is 2. The summed E-state index contributed by atoms with van der Waals surface area (Å²) in [5, 5.41) is 30.1. The summed E-state index contributed by atoms with van der Waals surface area (Å²) in [4.78, 5) is 68.3. The Balaban J connectivity index is 1.50. The van der Waals surface area contributed by atoms with Gasteiger partial charge in [-0.3, -0.25) is 19.2 Å². The number of aromatic hydroxyl groups is 2. The first-order valence-corrected chi connectivity index (χ1v) is 14.4. The van der Waals surface area contributed by atoms with E-state index in [4.69, 9.17) is 0 Å². The second kappa shape index (κ2) is 9.49. The molecule has 6 atom stereocenters. The van der Waals surface area contributed by atoms with E-state index < -0.39 is 58.5 Å². The predicted molar refractivity (Wildman–Crippen MR) is 156 cm³/mol. The number of aromatic carboxylic acids is 1. The molecule has 1 heterocycles. The van der Waals surface area contributed by atoms with Crippen LogP contribution >= 0.6 is 0 Å². The second-order valence-electron chi connectivity index (χ2n) is 12.6. The Hall–Kier alpha value is -4.53. The maximum atomic E-state index is 14.1. The Morgan fingerprint density at radius 2 is 1.56 bits per heavy atom. The molecule has 43 heavy (non-hydrogen) atoms. The van der Waals surface area contributed by atoms with Gasteiger partial charge in [0.25, 0.3) is 0 Å². The first-order chi connectivity index (χ1) is 20.2. The number of hydrogen-bond donors (Lipinski definition) is 3. The average molecular weight is 584 g/mol. The van der Waals surface area contributed by atoms with E-state index in [-0.39, 0.29) is 41.4 Å². The van der Waals surface area contributed by atoms with E-state index in [1.165, 1.54) is 6.07 Å². The van der Waals surface area contributed by atoms with Crippen LogP contribution in [-0.4, -0.2) is 44.7 Å². The highest BCUT2D eigenvalue weighted by molar-refractivity contribution is 6.23. The lowest BCUT2D eigenvalue weighted by molar-refractivity contribution is -0.142. The van der Waals surface area contributed by atoms with E-state index in [0.717, 1.165) is 28.2 Å². The number of nitrogens with zero attached hydrogens (tertiary/aromatic N) is 1. The van der Waals surface area contributed by atoms with Crippen molar-refractivity contribution in [1.82, 2.24) is 0 Å². The number of carboxylic acid groups (broad SMARTS) is 1. The average Bonchev–Trinajstić information content (AvgIpc) is 3.22. The number of carbonyl (C=O) groups excluding carboxylic acids is 4. The van der Waals surface area contributed by atoms with Crippen LogP contribution in [0.25, 0.3) is 0 Å². The van der Waals surface area contributed by atoms with Gasteiger partial charge < -0.3 is 15.3 Å². The number of allylic oxidation sites excluding steroid dienone is 4. The van der Waals surface area contributed by atoms with Crippen LogP contribution in [0.2, 0.25) is 0 Å². The number of phenolic OH excluding ortho intramolecular Hbond substituents is 1. The van der Waals surface area contributed by atoms with Gasteiger partial charge in [0.05, 0.1) is 22.9 Å². The number of phenols is 2. The molecule has 3 aliphatic carbocycles. The molecular weight excluding hydrogens is 550 g/mol. The Bertz CT molecular complexity index is 1730. The van der Waals surface area contributed by atoms with Gasteiger partial charge in [0, 0.05) is 17.9 Å². The maximum Gasteiger partial charge on any atom is 0.339 e. The van der Waals surface area contributed by atoms with E-state index in [2.05, 4.69) is 0 Å². The van der Waals surface area contributed by atoms with E-state index in [9.17, 15) is 39.3 Å². The minimum absolute atomic E-state index is 0.0776. The van der Waals surface area contributed by atoms with Crippen molar-refractivity contribution in [1.29, 1.82) is 0 Å². The summed E-state index contributed by atoms with van der Waals surface area (Å²) in [6.07, 6.45) is 2.43. The van der Waals surface area contributed by atoms with Crippen LogP contribution in [0.15, 0.2) is 53.1 Å². The second-order valence-corrected chi connectivity index (χ2v) is 12.6. The van der Waals surface area contributed by atoms with Gasteiger partial charge >= 0.3 is 5.97 Å². The molecule has 2 aromatic rings. The van der Waals surface area contributed by atoms with Crippen LogP contribution in [0.5, 0.6) is 11.5 Å². The van der Waals surface area contributed by atoms with Crippen molar-refractivity contribution in [3.63, 3.8) is 0 Å². The Kier molecular flexibility index (Phi) is 6.31. The number of ketones is 2. The van der Waals surface area contributed by atoms with Gasteiger partial charge in [0.15, 0.2) is 11.6 Å². The minimum atomic E-state index is -1.34. The quantitative estimate of drug-likeness (QED) is 0.346. The molecule has 0 bridgehead atoms. The van der Waals surface area contributed by atoms with Crippen LogP contribution < -0.4 is 4.90 Å². The molecule has 2 aromatic carbocycles. The molecule has 9 nitrogen and oxygen atoms in total. The van der Waals surface area contributed by atoms with Gasteiger partial charge in [-0.15, -0.1) is 0 Å². The van der Waals surface area contributed by atoms with Crippen LogP contribution in [0.4, 0.5) is 5.69 Å². The zero-order chi connectivity index (χ0) is 31.3. The fourth-order valence-corrected chi connectivity index (χ4v) is 8.21. The van der Waals surface area contributed by atoms with Crippen LogP contribution in [0.1, 0.15) is 66.6 Å². The zero-order valence-corrected chi connectivity index (χ0v) is 24.6. The summed E-state index contributed by atoms with van der Waals surface area (Å²) in [5.74, 6) is -6.23. The fraction of sp³-hybridized carbons (Fsp3) is 0.382. The topological polar surface area (TPSA) is 149 Å². The highest BCUT2D eigenvalue weighted by atomic mass is 16.4. The number of anilines is 1. The van der Waals surface area contributed by atoms with Gasteiger partial charge in [-0.1, -0.05) is 30.7 Å². The molecule has 0 aromatic heterocycles. The third kappa shape index (κ3) is 3.79. The molecule has 3 N–H and O–H groups in total. The molecule has 4 aliphatic rings. The SMILES string of the molecule is CC1=C(C)C(=O)[C@@]2(C)[C@@H](c3cc(C)c(O)c(C)c3)C3=CC[C@@H]4C(=O)N(c5ccc(C(=O)O)c(O)c5)C(=O)[C@@H]4[C@@H]3C[C@H]2C1=O. The Labute approximate surface area is 248 Å². The lowest BCUT2D eigenvalue weighted by Gasteiger charge is -2.54. The van der Waals surface area contributed by atoms with Crippen LogP contribution in [0.3, 0.4) is 0 Å². The highest BCUT2D eigenvalue weighted by Gasteiger charge is 2.64. The van der Waals surface area contributed by atoms with Crippen molar-refractivity contribution in [3.05, 3.63) is 75.4 Å². The number of rotatable bonds is 3. The van der Waals surface area contributed by atoms with E-state index >= 15 is 0 Å². The number of carbonyl (C=O) groups is 5. The number of carboxylic acids is 1. The summed E-state index contributed by atoms with van der Waals surface area (Å²) in [5.41, 5.74) is 2.31. The molecule has 1 saturated heterocycles. The molecule has 0 unspecified atom stereocenters. The first kappa shape index (κ1) is 28.6. The number of Topliss-reactive ketones (excluding diaryl/α,β-unsaturated/α-hetero) is 2. The van der Waals surface area contributed by atoms with E-state index in [1.807, 2.05) is 25.1 Å². The molecule has 0 radical (unpaired) electrons. The molecule has 9 heteroatoms. The highest BCUT2D eigenvalue weighted by Crippen LogP contribution is 2.63. The fourth-order valence-electron chi connectivity index (χ4n) is 8.21. The lowest BCUT2D eigenvalue weighted by atomic mass is 9.46. The Morgan fingerprint density at radius 1 is 0.907 bits per heavy atom. The van der Waals surface area contributed by atoms with Gasteiger partial charge in [0.2, 0.25) is 11.8 Å². The van der Waals surface area contributed by atoms with Gasteiger partial charge in [-0.2, -0.15) is 0 Å². The maximum absolute atomic E-state index is 14.1. The molecule has 1 aliphatic heterocycles. The smallest absolute Gasteiger partial charge is 0.339 e. The van der Waals surface area contributed by atoms with Crippen molar-refractivity contribution in [2.24, 2.45) is 29.1 Å². The standard InChI is InChI=1S/C34H33NO8/c1-14-10-18(11-15(2)28(14)37)27-20-8-9-22-26(23(20)13-24-29(38)16(3)17(4)30(39)34(24,27)5)32(41)35(31(22)40)19-6-7-21(33(42)43)25(36)12-19/h6-8,10-12,22-24,26-27,36-37H,9,13H2,1-5H3,(H,42,43)/t22-,23+,24-,26-,27-,34+/m0/s1. The molecule has 6 rings (SSSR count). The minimum Gasteiger partial charge on any atom is -0.507 e. The van der Waals surface area contributed by atoms with Crippen LogP contribution in [-0.2, 0) is 19.2 Å². The van der Waals surface area contributed by atoms with E-state index in [1.54, 1.807) is 27.7 Å². The third-order valence-electron chi connectivity index (χ3n) is 10.5. The molecule has 2 amide bonds. The number of imide groups is 1. The zero-order valence-electron chi connectivity index (χ0n) is 24.6. The van der Waals surface area contributed by atoms with Crippen molar-refractivity contribution in [2.45, 2.75) is 53.4 Å². The van der Waals surface area contributed by atoms with Crippen molar-refractivity contribution >= 4 is 35.0 Å². The molecule has 0 spiro atoms.